The van der Waals surface area contributed by atoms with Gasteiger partial charge < -0.3 is 10.1 Å². The number of nitrogens with zero attached hydrogens (tertiary/aromatic N) is 3. The molecule has 0 radical (unpaired) electrons. The van der Waals surface area contributed by atoms with Crippen molar-refractivity contribution in [1.29, 1.82) is 0 Å². The maximum atomic E-state index is 11.6. The smallest absolute Gasteiger partial charge is 0.213 e. The summed E-state index contributed by atoms with van der Waals surface area (Å²) in [4.78, 5) is 13.3. The van der Waals surface area contributed by atoms with Gasteiger partial charge >= 0.3 is 0 Å². The van der Waals surface area contributed by atoms with Crippen molar-refractivity contribution in [2.75, 3.05) is 18.2 Å². The van der Waals surface area contributed by atoms with Crippen molar-refractivity contribution in [3.8, 4) is 17.7 Å². The summed E-state index contributed by atoms with van der Waals surface area (Å²) in [6, 6.07) is 13.9. The molecule has 0 saturated heterocycles. The first-order chi connectivity index (χ1) is 15.4. The van der Waals surface area contributed by atoms with E-state index < -0.39 is 9.84 Å². The van der Waals surface area contributed by atoms with E-state index in [1.807, 2.05) is 25.1 Å². The minimum atomic E-state index is -3.24. The molecule has 0 unspecified atom stereocenters. The number of benzene rings is 1. The Bertz CT molecular complexity index is 1420. The highest BCUT2D eigenvalue weighted by Gasteiger charge is 2.07. The second kappa shape index (κ2) is 9.04. The lowest BCUT2D eigenvalue weighted by Gasteiger charge is -2.08. The standard InChI is InChI=1S/C24H20N4O3S/c1-3-31-24-11-5-17(15-27-24)4-10-22-21-14-23(26-16-18(21)12-13-25-22)28-19-6-8-20(9-7-19)32(2,29)30/h5-9,11-16H,3H2,1-2H3,(H,26,28). The molecule has 7 nitrogen and oxygen atoms in total. The SMILES string of the molecule is CCOc1ccc(C#Cc2nccc3cnc(Nc4ccc(S(C)(=O)=O)cc4)cc23)cn1. The van der Waals surface area contributed by atoms with E-state index in [1.165, 1.54) is 6.26 Å². The van der Waals surface area contributed by atoms with Crippen LogP contribution in [0, 0.1) is 11.8 Å². The Morgan fingerprint density at radius 2 is 1.78 bits per heavy atom. The fourth-order valence-electron chi connectivity index (χ4n) is 2.99. The van der Waals surface area contributed by atoms with Crippen LogP contribution in [0.4, 0.5) is 11.5 Å². The molecule has 0 bridgehead atoms. The number of pyridine rings is 3. The molecule has 160 valence electrons. The van der Waals surface area contributed by atoms with Crippen molar-refractivity contribution < 1.29 is 13.2 Å². The van der Waals surface area contributed by atoms with Crippen LogP contribution in [0.5, 0.6) is 5.88 Å². The number of anilines is 2. The number of ether oxygens (including phenoxy) is 1. The summed E-state index contributed by atoms with van der Waals surface area (Å²) in [7, 11) is -3.24. The minimum absolute atomic E-state index is 0.264. The fraction of sp³-hybridized carbons (Fsp3) is 0.125. The zero-order valence-corrected chi connectivity index (χ0v) is 18.3. The molecule has 32 heavy (non-hydrogen) atoms. The normalized spacial score (nSPS) is 10.9. The average molecular weight is 445 g/mol. The van der Waals surface area contributed by atoms with E-state index >= 15 is 0 Å². The van der Waals surface area contributed by atoms with Gasteiger partial charge in [0.15, 0.2) is 9.84 Å². The molecule has 8 heteroatoms. The molecule has 3 aromatic heterocycles. The summed E-state index contributed by atoms with van der Waals surface area (Å²) < 4.78 is 28.6. The lowest BCUT2D eigenvalue weighted by atomic mass is 10.1. The summed E-state index contributed by atoms with van der Waals surface area (Å²) in [5, 5.41) is 4.95. The minimum Gasteiger partial charge on any atom is -0.478 e. The summed E-state index contributed by atoms with van der Waals surface area (Å²) in [5.74, 6) is 7.35. The second-order valence-electron chi connectivity index (χ2n) is 6.94. The number of hydrogen-bond acceptors (Lipinski definition) is 7. The quantitative estimate of drug-likeness (QED) is 0.466. The van der Waals surface area contributed by atoms with E-state index in [0.717, 1.165) is 22.0 Å². The van der Waals surface area contributed by atoms with Gasteiger partial charge in [0, 0.05) is 52.9 Å². The molecule has 0 aliphatic rings. The van der Waals surface area contributed by atoms with Crippen molar-refractivity contribution >= 4 is 32.1 Å². The molecule has 0 fully saturated rings. The number of nitrogens with one attached hydrogen (secondary N) is 1. The van der Waals surface area contributed by atoms with E-state index in [4.69, 9.17) is 4.74 Å². The first-order valence-electron chi connectivity index (χ1n) is 9.85. The lowest BCUT2D eigenvalue weighted by molar-refractivity contribution is 0.327. The van der Waals surface area contributed by atoms with Crippen LogP contribution in [0.15, 0.2) is 72.0 Å². The van der Waals surface area contributed by atoms with Crippen molar-refractivity contribution in [3.05, 3.63) is 78.4 Å². The van der Waals surface area contributed by atoms with Gasteiger partial charge in [0.05, 0.1) is 11.5 Å². The third-order valence-corrected chi connectivity index (χ3v) is 5.68. The van der Waals surface area contributed by atoms with Gasteiger partial charge in [-0.3, -0.25) is 0 Å². The first kappa shape index (κ1) is 21.3. The van der Waals surface area contributed by atoms with E-state index in [9.17, 15) is 8.42 Å². The van der Waals surface area contributed by atoms with E-state index in [1.54, 1.807) is 48.9 Å². The Balaban J connectivity index is 1.61. The highest BCUT2D eigenvalue weighted by atomic mass is 32.2. The van der Waals surface area contributed by atoms with Crippen molar-refractivity contribution in [1.82, 2.24) is 15.0 Å². The molecular weight excluding hydrogens is 424 g/mol. The molecule has 4 rings (SSSR count). The predicted octanol–water partition coefficient (Wildman–Crippen LogP) is 3.97. The topological polar surface area (TPSA) is 94.1 Å². The zero-order valence-electron chi connectivity index (χ0n) is 17.5. The van der Waals surface area contributed by atoms with Gasteiger partial charge in [-0.05, 0) is 55.3 Å². The van der Waals surface area contributed by atoms with Crippen molar-refractivity contribution in [2.24, 2.45) is 0 Å². The van der Waals surface area contributed by atoms with Gasteiger partial charge in [0.2, 0.25) is 5.88 Å². The highest BCUT2D eigenvalue weighted by molar-refractivity contribution is 7.90. The van der Waals surface area contributed by atoms with E-state index in [-0.39, 0.29) is 4.90 Å². The molecule has 0 amide bonds. The van der Waals surface area contributed by atoms with Crippen molar-refractivity contribution in [3.63, 3.8) is 0 Å². The Hall–Kier alpha value is -3.96. The molecule has 1 aromatic carbocycles. The van der Waals surface area contributed by atoms with Gasteiger partial charge in [-0.1, -0.05) is 5.92 Å². The Morgan fingerprint density at radius 3 is 2.47 bits per heavy atom. The Labute approximate surface area is 186 Å². The molecular formula is C24H20N4O3S. The second-order valence-corrected chi connectivity index (χ2v) is 8.96. The summed E-state index contributed by atoms with van der Waals surface area (Å²) in [5.41, 5.74) is 2.10. The van der Waals surface area contributed by atoms with Crippen LogP contribution in [-0.4, -0.2) is 36.2 Å². The monoisotopic (exact) mass is 444 g/mol. The maximum absolute atomic E-state index is 11.6. The molecule has 0 atom stereocenters. The summed E-state index contributed by atoms with van der Waals surface area (Å²) in [6.07, 6.45) is 6.28. The Morgan fingerprint density at radius 1 is 0.969 bits per heavy atom. The van der Waals surface area contributed by atoms with Gasteiger partial charge in [0.25, 0.3) is 0 Å². The van der Waals surface area contributed by atoms with E-state index in [0.29, 0.717) is 24.0 Å². The van der Waals surface area contributed by atoms with E-state index in [2.05, 4.69) is 32.1 Å². The molecule has 3 heterocycles. The fourth-order valence-corrected chi connectivity index (χ4v) is 3.62. The number of aromatic nitrogens is 3. The van der Waals surface area contributed by atoms with Gasteiger partial charge in [0.1, 0.15) is 11.5 Å². The van der Waals surface area contributed by atoms with Crippen LogP contribution in [0.3, 0.4) is 0 Å². The number of sulfone groups is 1. The summed E-state index contributed by atoms with van der Waals surface area (Å²) >= 11 is 0. The molecule has 4 aromatic rings. The van der Waals surface area contributed by atoms with Gasteiger partial charge in [-0.2, -0.15) is 0 Å². The van der Waals surface area contributed by atoms with Crippen LogP contribution in [0.1, 0.15) is 18.2 Å². The molecule has 0 saturated carbocycles. The lowest BCUT2D eigenvalue weighted by Crippen LogP contribution is -1.98. The highest BCUT2D eigenvalue weighted by Crippen LogP contribution is 2.22. The number of rotatable bonds is 5. The summed E-state index contributed by atoms with van der Waals surface area (Å²) in [6.45, 7) is 2.47. The first-order valence-corrected chi connectivity index (χ1v) is 11.7. The van der Waals surface area contributed by atoms with Crippen LogP contribution in [0.25, 0.3) is 10.8 Å². The number of hydrogen-bond donors (Lipinski definition) is 1. The Kier molecular flexibility index (Phi) is 6.01. The average Bonchev–Trinajstić information content (AvgIpc) is 2.78. The van der Waals surface area contributed by atoms with Crippen molar-refractivity contribution in [2.45, 2.75) is 11.8 Å². The number of fused-ring (bicyclic) bond motifs is 1. The van der Waals surface area contributed by atoms with Crippen LogP contribution in [0.2, 0.25) is 0 Å². The molecule has 0 spiro atoms. The van der Waals surface area contributed by atoms with Gasteiger partial charge in [-0.15, -0.1) is 0 Å². The third kappa shape index (κ3) is 5.02. The molecule has 1 N–H and O–H groups in total. The van der Waals surface area contributed by atoms with Crippen LogP contribution >= 0.6 is 0 Å². The zero-order chi connectivity index (χ0) is 22.6. The van der Waals surface area contributed by atoms with Crippen LogP contribution < -0.4 is 10.1 Å². The maximum Gasteiger partial charge on any atom is 0.213 e. The third-order valence-electron chi connectivity index (χ3n) is 4.56. The predicted molar refractivity (Wildman–Crippen MR) is 124 cm³/mol. The molecule has 0 aliphatic carbocycles. The largest absolute Gasteiger partial charge is 0.478 e. The van der Waals surface area contributed by atoms with Crippen LogP contribution in [-0.2, 0) is 9.84 Å². The van der Waals surface area contributed by atoms with Gasteiger partial charge in [-0.25, -0.2) is 23.4 Å². The molecule has 0 aliphatic heterocycles.